The first-order chi connectivity index (χ1) is 14.2. The van der Waals surface area contributed by atoms with E-state index in [0.717, 1.165) is 17.7 Å². The van der Waals surface area contributed by atoms with Crippen LogP contribution in [0.15, 0.2) is 54.6 Å². The van der Waals surface area contributed by atoms with Crippen molar-refractivity contribution in [2.75, 3.05) is 20.1 Å². The topological polar surface area (TPSA) is 43.9 Å². The molecule has 2 fully saturated rings. The summed E-state index contributed by atoms with van der Waals surface area (Å²) in [7, 11) is 1.74. The van der Waals surface area contributed by atoms with Gasteiger partial charge < -0.3 is 14.7 Å². The molecule has 0 saturated carbocycles. The molecule has 2 heterocycles. The largest absolute Gasteiger partial charge is 0.416 e. The van der Waals surface area contributed by atoms with E-state index < -0.39 is 17.8 Å². The molecule has 2 aliphatic rings. The first-order valence-electron chi connectivity index (χ1n) is 9.76. The zero-order valence-corrected chi connectivity index (χ0v) is 16.5. The van der Waals surface area contributed by atoms with E-state index in [2.05, 4.69) is 0 Å². The Labute approximate surface area is 172 Å². The summed E-state index contributed by atoms with van der Waals surface area (Å²) in [6, 6.07) is 13.4. The Morgan fingerprint density at radius 1 is 0.933 bits per heavy atom. The van der Waals surface area contributed by atoms with Crippen molar-refractivity contribution >= 4 is 11.9 Å². The highest BCUT2D eigenvalue weighted by Crippen LogP contribution is 2.31. The van der Waals surface area contributed by atoms with Crippen molar-refractivity contribution in [3.8, 4) is 0 Å². The van der Waals surface area contributed by atoms with E-state index in [1.165, 1.54) is 12.1 Å². The molecular weight excluding hydrogens is 395 g/mol. The SMILES string of the molecule is CN1C[C@@H]2CN(Cc3ccc(C(F)(F)F)cc3)C(=O)N2[C@@H](Cc2ccccc2)C1=O. The molecule has 0 N–H and O–H groups in total. The molecule has 2 aromatic rings. The maximum absolute atomic E-state index is 13.1. The molecule has 158 valence electrons. The number of piperazine rings is 1. The number of alkyl halides is 3. The van der Waals surface area contributed by atoms with Gasteiger partial charge in [-0.05, 0) is 23.3 Å². The second kappa shape index (κ2) is 7.66. The molecule has 2 aliphatic heterocycles. The molecule has 0 aromatic heterocycles. The number of nitrogens with zero attached hydrogens (tertiary/aromatic N) is 3. The van der Waals surface area contributed by atoms with Crippen LogP contribution in [-0.4, -0.2) is 58.9 Å². The van der Waals surface area contributed by atoms with E-state index in [0.29, 0.717) is 25.1 Å². The molecule has 2 saturated heterocycles. The van der Waals surface area contributed by atoms with Crippen LogP contribution in [-0.2, 0) is 23.9 Å². The van der Waals surface area contributed by atoms with Gasteiger partial charge in [-0.2, -0.15) is 13.2 Å². The maximum Gasteiger partial charge on any atom is 0.416 e. The van der Waals surface area contributed by atoms with Gasteiger partial charge in [0.25, 0.3) is 0 Å². The zero-order chi connectivity index (χ0) is 21.5. The van der Waals surface area contributed by atoms with E-state index in [1.807, 2.05) is 30.3 Å². The zero-order valence-electron chi connectivity index (χ0n) is 16.5. The maximum atomic E-state index is 13.1. The van der Waals surface area contributed by atoms with Crippen molar-refractivity contribution in [2.24, 2.45) is 0 Å². The Kier molecular flexibility index (Phi) is 5.17. The van der Waals surface area contributed by atoms with Crippen LogP contribution in [0.25, 0.3) is 0 Å². The van der Waals surface area contributed by atoms with Crippen molar-refractivity contribution < 1.29 is 22.8 Å². The average Bonchev–Trinajstić information content (AvgIpc) is 3.01. The van der Waals surface area contributed by atoms with Crippen molar-refractivity contribution in [2.45, 2.75) is 31.2 Å². The standard InChI is InChI=1S/C22H22F3N3O2/c1-26-13-18-14-27(12-16-7-9-17(10-8-16)22(23,24)25)21(30)28(18)19(20(26)29)11-15-5-3-2-4-6-15/h2-10,18-19H,11-14H2,1H3/t18-,19+/m1/s1. The molecule has 0 bridgehead atoms. The predicted octanol–water partition coefficient (Wildman–Crippen LogP) is 3.39. The van der Waals surface area contributed by atoms with Crippen molar-refractivity contribution in [3.05, 3.63) is 71.3 Å². The Morgan fingerprint density at radius 3 is 2.23 bits per heavy atom. The lowest BCUT2D eigenvalue weighted by atomic mass is 9.99. The summed E-state index contributed by atoms with van der Waals surface area (Å²) in [6.45, 7) is 1.09. The number of fused-ring (bicyclic) bond motifs is 1. The first kappa shape index (κ1) is 20.3. The summed E-state index contributed by atoms with van der Waals surface area (Å²) in [6.07, 6.45) is -3.96. The summed E-state index contributed by atoms with van der Waals surface area (Å²) in [4.78, 5) is 30.9. The van der Waals surface area contributed by atoms with Gasteiger partial charge in [0.05, 0.1) is 11.6 Å². The molecule has 5 nitrogen and oxygen atoms in total. The Balaban J connectivity index is 1.52. The molecule has 2 atom stereocenters. The molecule has 0 radical (unpaired) electrons. The van der Waals surface area contributed by atoms with Crippen LogP contribution in [0, 0.1) is 0 Å². The van der Waals surface area contributed by atoms with E-state index >= 15 is 0 Å². The number of urea groups is 1. The summed E-state index contributed by atoms with van der Waals surface area (Å²) in [5.41, 5.74) is 0.876. The van der Waals surface area contributed by atoms with Gasteiger partial charge in [-0.1, -0.05) is 42.5 Å². The van der Waals surface area contributed by atoms with Crippen LogP contribution < -0.4 is 0 Å². The van der Waals surface area contributed by atoms with E-state index in [-0.39, 0.29) is 24.5 Å². The lowest BCUT2D eigenvalue weighted by Gasteiger charge is -2.40. The van der Waals surface area contributed by atoms with Crippen LogP contribution in [0.3, 0.4) is 0 Å². The number of carbonyl (C=O) groups excluding carboxylic acids is 2. The second-order valence-corrected chi connectivity index (χ2v) is 7.84. The second-order valence-electron chi connectivity index (χ2n) is 7.84. The fourth-order valence-corrected chi connectivity index (χ4v) is 4.23. The van der Waals surface area contributed by atoms with Gasteiger partial charge in [0, 0.05) is 33.1 Å². The number of halogens is 3. The molecule has 30 heavy (non-hydrogen) atoms. The fourth-order valence-electron chi connectivity index (χ4n) is 4.23. The van der Waals surface area contributed by atoms with Crippen molar-refractivity contribution in [1.29, 1.82) is 0 Å². The van der Waals surface area contributed by atoms with Crippen LogP contribution in [0.1, 0.15) is 16.7 Å². The average molecular weight is 417 g/mol. The highest BCUT2D eigenvalue weighted by Gasteiger charge is 2.48. The van der Waals surface area contributed by atoms with Crippen LogP contribution >= 0.6 is 0 Å². The van der Waals surface area contributed by atoms with Crippen molar-refractivity contribution in [3.63, 3.8) is 0 Å². The number of amides is 3. The molecule has 2 aromatic carbocycles. The van der Waals surface area contributed by atoms with Gasteiger partial charge in [-0.3, -0.25) is 4.79 Å². The van der Waals surface area contributed by atoms with Crippen molar-refractivity contribution in [1.82, 2.24) is 14.7 Å². The Morgan fingerprint density at radius 2 is 1.60 bits per heavy atom. The van der Waals surface area contributed by atoms with Crippen LogP contribution in [0.4, 0.5) is 18.0 Å². The lowest BCUT2D eigenvalue weighted by molar-refractivity contribution is -0.140. The predicted molar refractivity (Wildman–Crippen MR) is 104 cm³/mol. The monoisotopic (exact) mass is 417 g/mol. The van der Waals surface area contributed by atoms with Gasteiger partial charge >= 0.3 is 12.2 Å². The number of benzene rings is 2. The molecule has 8 heteroatoms. The number of likely N-dealkylation sites (N-methyl/N-ethyl adjacent to an activating group) is 1. The smallest absolute Gasteiger partial charge is 0.342 e. The van der Waals surface area contributed by atoms with Crippen LogP contribution in [0.5, 0.6) is 0 Å². The van der Waals surface area contributed by atoms with Gasteiger partial charge in [0.2, 0.25) is 5.91 Å². The first-order valence-corrected chi connectivity index (χ1v) is 9.76. The third-order valence-electron chi connectivity index (χ3n) is 5.72. The lowest BCUT2D eigenvalue weighted by Crippen LogP contribution is -2.60. The minimum Gasteiger partial charge on any atom is -0.342 e. The number of rotatable bonds is 4. The minimum absolute atomic E-state index is 0.0974. The van der Waals surface area contributed by atoms with Gasteiger partial charge in [-0.25, -0.2) is 4.79 Å². The summed E-state index contributed by atoms with van der Waals surface area (Å²) in [5, 5.41) is 0. The van der Waals surface area contributed by atoms with Gasteiger partial charge in [0.15, 0.2) is 0 Å². The van der Waals surface area contributed by atoms with Gasteiger partial charge in [-0.15, -0.1) is 0 Å². The molecule has 0 aliphatic carbocycles. The molecule has 3 amide bonds. The highest BCUT2D eigenvalue weighted by atomic mass is 19.4. The third kappa shape index (κ3) is 3.86. The molecule has 0 spiro atoms. The fraction of sp³-hybridized carbons (Fsp3) is 0.364. The van der Waals surface area contributed by atoms with Crippen LogP contribution in [0.2, 0.25) is 0 Å². The summed E-state index contributed by atoms with van der Waals surface area (Å²) < 4.78 is 38.3. The molecule has 4 rings (SSSR count). The molecular formula is C22H22F3N3O2. The molecule has 0 unspecified atom stereocenters. The third-order valence-corrected chi connectivity index (χ3v) is 5.72. The Hall–Kier alpha value is -3.03. The summed E-state index contributed by atoms with van der Waals surface area (Å²) in [5.74, 6) is -0.0974. The Bertz CT molecular complexity index is 931. The quantitative estimate of drug-likeness (QED) is 0.766. The number of hydrogen-bond acceptors (Lipinski definition) is 2. The van der Waals surface area contributed by atoms with Gasteiger partial charge in [0.1, 0.15) is 6.04 Å². The van der Waals surface area contributed by atoms with E-state index in [4.69, 9.17) is 0 Å². The normalized spacial score (nSPS) is 21.9. The minimum atomic E-state index is -4.39. The number of carbonyl (C=O) groups is 2. The van der Waals surface area contributed by atoms with E-state index in [1.54, 1.807) is 21.7 Å². The summed E-state index contributed by atoms with van der Waals surface area (Å²) >= 11 is 0. The highest BCUT2D eigenvalue weighted by molar-refractivity contribution is 5.90. The number of hydrogen-bond donors (Lipinski definition) is 0. The van der Waals surface area contributed by atoms with E-state index in [9.17, 15) is 22.8 Å².